The lowest BCUT2D eigenvalue weighted by molar-refractivity contribution is -0.133. The molecule has 0 aliphatic rings. The first kappa shape index (κ1) is 23.5. The zero-order valence-corrected chi connectivity index (χ0v) is 20.0. The molecule has 2 heterocycles. The molecule has 34 heavy (non-hydrogen) atoms. The number of aromatic nitrogens is 4. The van der Waals surface area contributed by atoms with Crippen LogP contribution in [-0.2, 0) is 17.6 Å². The average molecular weight is 472 g/mol. The van der Waals surface area contributed by atoms with Crippen LogP contribution in [0.3, 0.4) is 0 Å². The van der Waals surface area contributed by atoms with E-state index in [1.54, 1.807) is 4.52 Å². The van der Waals surface area contributed by atoms with Crippen LogP contribution in [0, 0.1) is 18.3 Å². The van der Waals surface area contributed by atoms with E-state index in [0.717, 1.165) is 70.4 Å². The highest BCUT2D eigenvalue weighted by Gasteiger charge is 2.18. The molecular weight excluding hydrogens is 446 g/mol. The molecule has 172 valence electrons. The van der Waals surface area contributed by atoms with Crippen LogP contribution in [0.15, 0.2) is 53.7 Å². The fourth-order valence-corrected chi connectivity index (χ4v) is 4.45. The molecular formula is C26H25N5O2S. The van der Waals surface area contributed by atoms with Gasteiger partial charge in [-0.2, -0.15) is 9.78 Å². The van der Waals surface area contributed by atoms with Gasteiger partial charge in [0.25, 0.3) is 0 Å². The Bertz CT molecular complexity index is 1370. The van der Waals surface area contributed by atoms with Crippen molar-refractivity contribution < 1.29 is 9.90 Å². The summed E-state index contributed by atoms with van der Waals surface area (Å²) < 4.78 is 1.71. The van der Waals surface area contributed by atoms with Gasteiger partial charge in [0.2, 0.25) is 5.16 Å². The number of nitrogens with zero attached hydrogens (tertiary/aromatic N) is 5. The largest absolute Gasteiger partial charge is 0.481 e. The van der Waals surface area contributed by atoms with Crippen LogP contribution in [0.1, 0.15) is 48.0 Å². The Morgan fingerprint density at radius 1 is 1.15 bits per heavy atom. The molecule has 0 bridgehead atoms. The Kier molecular flexibility index (Phi) is 7.24. The maximum absolute atomic E-state index is 11.0. The first-order chi connectivity index (χ1) is 16.5. The number of benzene rings is 2. The van der Waals surface area contributed by atoms with Gasteiger partial charge in [0.15, 0.2) is 5.65 Å². The number of unbranched alkanes of at least 4 members (excludes halogenated alkanes) is 1. The quantitative estimate of drug-likeness (QED) is 0.339. The van der Waals surface area contributed by atoms with Gasteiger partial charge in [-0.25, -0.2) is 9.97 Å². The molecule has 4 rings (SSSR count). The van der Waals surface area contributed by atoms with Crippen molar-refractivity contribution in [3.8, 4) is 17.2 Å². The minimum Gasteiger partial charge on any atom is -0.481 e. The van der Waals surface area contributed by atoms with Gasteiger partial charge in [0, 0.05) is 17.7 Å². The van der Waals surface area contributed by atoms with Gasteiger partial charge in [-0.05, 0) is 42.5 Å². The van der Waals surface area contributed by atoms with E-state index in [1.165, 1.54) is 0 Å². The fraction of sp³-hybridized carbons (Fsp3) is 0.269. The Morgan fingerprint density at radius 3 is 2.62 bits per heavy atom. The van der Waals surface area contributed by atoms with Gasteiger partial charge in [-0.1, -0.05) is 67.6 Å². The molecule has 0 unspecified atom stereocenters. The number of fused-ring (bicyclic) bond motifs is 1. The van der Waals surface area contributed by atoms with Crippen molar-refractivity contribution in [2.45, 2.75) is 44.7 Å². The van der Waals surface area contributed by atoms with Crippen LogP contribution >= 0.6 is 11.8 Å². The molecule has 7 nitrogen and oxygen atoms in total. The van der Waals surface area contributed by atoms with E-state index >= 15 is 0 Å². The van der Waals surface area contributed by atoms with Gasteiger partial charge in [0.05, 0.1) is 17.4 Å². The van der Waals surface area contributed by atoms with Gasteiger partial charge >= 0.3 is 5.97 Å². The molecule has 0 saturated carbocycles. The number of nitriles is 1. The third-order valence-electron chi connectivity index (χ3n) is 5.59. The minimum atomic E-state index is -0.902. The summed E-state index contributed by atoms with van der Waals surface area (Å²) in [7, 11) is 0. The first-order valence-corrected chi connectivity index (χ1v) is 12.2. The average Bonchev–Trinajstić information content (AvgIpc) is 3.29. The molecule has 0 radical (unpaired) electrons. The molecule has 1 N–H and O–H groups in total. The van der Waals surface area contributed by atoms with Crippen LogP contribution in [0.2, 0.25) is 0 Å². The Balaban J connectivity index is 1.71. The maximum Gasteiger partial charge on any atom is 0.313 e. The Labute approximate surface area is 202 Å². The fourth-order valence-electron chi connectivity index (χ4n) is 3.91. The number of aryl methyl sites for hydroxylation is 2. The number of carboxylic acids is 1. The number of hydrogen-bond acceptors (Lipinski definition) is 6. The molecule has 0 saturated heterocycles. The topological polar surface area (TPSA) is 104 Å². The highest BCUT2D eigenvalue weighted by molar-refractivity contribution is 7.99. The molecule has 0 atom stereocenters. The standard InChI is InChI=1S/C26H25N5O2S/c1-3-4-9-23-22(25-29-26(34-16-24(32)33)30-31(25)17(2)28-23)14-18-10-12-19(13-11-18)21-8-6-5-7-20(21)15-27/h5-8,10-13H,3-4,9,14,16H2,1-2H3,(H,32,33). The summed E-state index contributed by atoms with van der Waals surface area (Å²) in [6, 6.07) is 18.0. The molecule has 2 aromatic heterocycles. The van der Waals surface area contributed by atoms with Crippen molar-refractivity contribution in [1.29, 1.82) is 5.26 Å². The highest BCUT2D eigenvalue weighted by atomic mass is 32.2. The van der Waals surface area contributed by atoms with Crippen LogP contribution in [0.25, 0.3) is 16.8 Å². The molecule has 4 aromatic rings. The molecule has 8 heteroatoms. The predicted octanol–water partition coefficient (Wildman–Crippen LogP) is 5.08. The van der Waals surface area contributed by atoms with Gasteiger partial charge in [-0.15, -0.1) is 5.10 Å². The Morgan fingerprint density at radius 2 is 1.91 bits per heavy atom. The van der Waals surface area contributed by atoms with Crippen LogP contribution < -0.4 is 0 Å². The predicted molar refractivity (Wildman–Crippen MR) is 132 cm³/mol. The summed E-state index contributed by atoms with van der Waals surface area (Å²) in [5, 5.41) is 23.4. The second kappa shape index (κ2) is 10.5. The van der Waals surface area contributed by atoms with Crippen LogP contribution in [0.5, 0.6) is 0 Å². The minimum absolute atomic E-state index is 0.0903. The van der Waals surface area contributed by atoms with Gasteiger partial charge in [-0.3, -0.25) is 4.79 Å². The van der Waals surface area contributed by atoms with E-state index < -0.39 is 5.97 Å². The van der Waals surface area contributed by atoms with Crippen molar-refractivity contribution in [2.24, 2.45) is 0 Å². The lowest BCUT2D eigenvalue weighted by atomic mass is 9.96. The number of carboxylic acid groups (broad SMARTS) is 1. The van der Waals surface area contributed by atoms with E-state index in [4.69, 9.17) is 10.1 Å². The van der Waals surface area contributed by atoms with Gasteiger partial charge < -0.3 is 5.11 Å². The summed E-state index contributed by atoms with van der Waals surface area (Å²) in [6.45, 7) is 4.05. The summed E-state index contributed by atoms with van der Waals surface area (Å²) in [5.74, 6) is -0.254. The van der Waals surface area contributed by atoms with Gasteiger partial charge in [0.1, 0.15) is 5.82 Å². The van der Waals surface area contributed by atoms with E-state index in [2.05, 4.69) is 35.2 Å². The lowest BCUT2D eigenvalue weighted by Gasteiger charge is -2.12. The molecule has 2 aromatic carbocycles. The third-order valence-corrected chi connectivity index (χ3v) is 6.42. The summed E-state index contributed by atoms with van der Waals surface area (Å²) in [5.41, 5.74) is 6.41. The van der Waals surface area contributed by atoms with E-state index in [1.807, 2.05) is 43.3 Å². The number of rotatable bonds is 9. The Hall–Kier alpha value is -3.70. The number of thioether (sulfide) groups is 1. The maximum atomic E-state index is 11.0. The zero-order chi connectivity index (χ0) is 24.1. The second-order valence-corrected chi connectivity index (χ2v) is 8.97. The van der Waals surface area contributed by atoms with Crippen LogP contribution in [-0.4, -0.2) is 36.4 Å². The van der Waals surface area contributed by atoms with Crippen molar-refractivity contribution >= 4 is 23.4 Å². The summed E-state index contributed by atoms with van der Waals surface area (Å²) in [6.07, 6.45) is 3.57. The zero-order valence-electron chi connectivity index (χ0n) is 19.2. The van der Waals surface area contributed by atoms with Crippen molar-refractivity contribution in [2.75, 3.05) is 5.75 Å². The molecule has 0 spiro atoms. The molecule has 0 amide bonds. The molecule has 0 aliphatic heterocycles. The van der Waals surface area contributed by atoms with Crippen molar-refractivity contribution in [3.63, 3.8) is 0 Å². The highest BCUT2D eigenvalue weighted by Crippen LogP contribution is 2.27. The molecule has 0 aliphatic carbocycles. The lowest BCUT2D eigenvalue weighted by Crippen LogP contribution is -2.08. The number of aliphatic carboxylic acids is 1. The van der Waals surface area contributed by atoms with E-state index in [0.29, 0.717) is 17.1 Å². The number of hydrogen-bond donors (Lipinski definition) is 1. The SMILES string of the molecule is CCCCc1nc(C)n2nc(SCC(=O)O)nc2c1Cc1ccc(-c2ccccc2C#N)cc1. The van der Waals surface area contributed by atoms with E-state index in [9.17, 15) is 10.1 Å². The van der Waals surface area contributed by atoms with Crippen molar-refractivity contribution in [3.05, 3.63) is 76.7 Å². The van der Waals surface area contributed by atoms with Crippen LogP contribution in [0.4, 0.5) is 0 Å². The third kappa shape index (κ3) is 5.10. The smallest absolute Gasteiger partial charge is 0.313 e. The van der Waals surface area contributed by atoms with E-state index in [-0.39, 0.29) is 5.75 Å². The monoisotopic (exact) mass is 471 g/mol. The summed E-state index contributed by atoms with van der Waals surface area (Å²) in [4.78, 5) is 20.5. The normalized spacial score (nSPS) is 11.0. The first-order valence-electron chi connectivity index (χ1n) is 11.2. The van der Waals surface area contributed by atoms with Crippen molar-refractivity contribution in [1.82, 2.24) is 19.6 Å². The number of carbonyl (C=O) groups is 1. The molecule has 0 fully saturated rings. The second-order valence-electron chi connectivity index (χ2n) is 8.03. The summed E-state index contributed by atoms with van der Waals surface area (Å²) >= 11 is 1.11.